The molecule has 104 valence electrons. The fourth-order valence-electron chi connectivity index (χ4n) is 2.11. The maximum Gasteiger partial charge on any atom is 0.434 e. The van der Waals surface area contributed by atoms with E-state index in [1.807, 2.05) is 6.07 Å². The van der Waals surface area contributed by atoms with Crippen molar-refractivity contribution in [2.75, 3.05) is 0 Å². The molecule has 0 saturated heterocycles. The number of primary amides is 1. The summed E-state index contributed by atoms with van der Waals surface area (Å²) in [5, 5.41) is 11.6. The molecular formula is C14H9N3O4. The summed E-state index contributed by atoms with van der Waals surface area (Å²) in [6, 6.07) is 10.1. The Labute approximate surface area is 118 Å². The van der Waals surface area contributed by atoms with Gasteiger partial charge in [-0.15, -0.1) is 0 Å². The first-order valence-electron chi connectivity index (χ1n) is 5.99. The number of rotatable bonds is 3. The monoisotopic (exact) mass is 283 g/mol. The normalized spacial score (nSPS) is 10.7. The molecule has 0 fully saturated rings. The smallest absolute Gasteiger partial charge is 0.395 e. The van der Waals surface area contributed by atoms with Crippen molar-refractivity contribution < 1.29 is 14.1 Å². The fourth-order valence-corrected chi connectivity index (χ4v) is 2.11. The number of aromatic nitrogens is 1. The van der Waals surface area contributed by atoms with Gasteiger partial charge >= 0.3 is 5.88 Å². The van der Waals surface area contributed by atoms with E-state index in [0.29, 0.717) is 11.1 Å². The van der Waals surface area contributed by atoms with E-state index < -0.39 is 16.7 Å². The van der Waals surface area contributed by atoms with E-state index >= 15 is 0 Å². The Morgan fingerprint density at radius 2 is 2.10 bits per heavy atom. The zero-order chi connectivity index (χ0) is 15.0. The van der Waals surface area contributed by atoms with E-state index in [-0.39, 0.29) is 5.76 Å². The van der Waals surface area contributed by atoms with Crippen LogP contribution in [0.4, 0.5) is 5.88 Å². The predicted molar refractivity (Wildman–Crippen MR) is 74.6 cm³/mol. The summed E-state index contributed by atoms with van der Waals surface area (Å²) in [5.41, 5.74) is 6.88. The Bertz CT molecular complexity index is 870. The maximum absolute atomic E-state index is 11.4. The highest BCUT2D eigenvalue weighted by Crippen LogP contribution is 2.32. The van der Waals surface area contributed by atoms with Gasteiger partial charge in [-0.1, -0.05) is 12.1 Å². The molecule has 3 rings (SSSR count). The van der Waals surface area contributed by atoms with Crippen LogP contribution >= 0.6 is 0 Å². The number of nitrogens with zero attached hydrogens (tertiary/aromatic N) is 2. The summed E-state index contributed by atoms with van der Waals surface area (Å²) in [6.45, 7) is 0. The summed E-state index contributed by atoms with van der Waals surface area (Å²) < 4.78 is 4.91. The molecule has 0 spiro atoms. The number of carbonyl (C=O) groups is 1. The average Bonchev–Trinajstić information content (AvgIpc) is 2.92. The SMILES string of the molecule is NC(=O)c1oc([N+](=O)[O-])cc1-c1ccc2ncccc2c1. The third-order valence-corrected chi connectivity index (χ3v) is 3.04. The number of benzene rings is 1. The van der Waals surface area contributed by atoms with Crippen molar-refractivity contribution >= 4 is 22.7 Å². The zero-order valence-electron chi connectivity index (χ0n) is 10.6. The topological polar surface area (TPSA) is 112 Å². The summed E-state index contributed by atoms with van der Waals surface area (Å²) in [5.74, 6) is -1.61. The van der Waals surface area contributed by atoms with E-state index in [4.69, 9.17) is 10.2 Å². The first-order valence-corrected chi connectivity index (χ1v) is 5.99. The van der Waals surface area contributed by atoms with Crippen LogP contribution in [0.3, 0.4) is 0 Å². The second kappa shape index (κ2) is 4.71. The molecule has 0 bridgehead atoms. The van der Waals surface area contributed by atoms with Crippen LogP contribution in [0, 0.1) is 10.1 Å². The van der Waals surface area contributed by atoms with E-state index in [1.165, 1.54) is 6.07 Å². The highest BCUT2D eigenvalue weighted by molar-refractivity contribution is 5.98. The van der Waals surface area contributed by atoms with Gasteiger partial charge in [-0.3, -0.25) is 19.9 Å². The number of nitrogens with two attached hydrogens (primary N) is 1. The van der Waals surface area contributed by atoms with Gasteiger partial charge in [0.05, 0.1) is 11.6 Å². The molecule has 0 aliphatic carbocycles. The molecule has 2 heterocycles. The van der Waals surface area contributed by atoms with Crippen LogP contribution in [0.1, 0.15) is 10.6 Å². The summed E-state index contributed by atoms with van der Waals surface area (Å²) >= 11 is 0. The van der Waals surface area contributed by atoms with Crippen LogP contribution in [0.25, 0.3) is 22.0 Å². The predicted octanol–water partition coefficient (Wildman–Crippen LogP) is 2.50. The van der Waals surface area contributed by atoms with Crippen molar-refractivity contribution in [2.45, 2.75) is 0 Å². The van der Waals surface area contributed by atoms with Crippen LogP contribution in [0.2, 0.25) is 0 Å². The van der Waals surface area contributed by atoms with E-state index in [2.05, 4.69) is 4.98 Å². The lowest BCUT2D eigenvalue weighted by Gasteiger charge is -2.01. The molecule has 1 amide bonds. The van der Waals surface area contributed by atoms with Gasteiger partial charge in [-0.25, -0.2) is 0 Å². The third kappa shape index (κ3) is 2.20. The maximum atomic E-state index is 11.4. The number of carbonyl (C=O) groups excluding carboxylic acids is 1. The molecule has 1 aromatic carbocycles. The molecular weight excluding hydrogens is 274 g/mol. The zero-order valence-corrected chi connectivity index (χ0v) is 10.6. The Morgan fingerprint density at radius 1 is 1.29 bits per heavy atom. The van der Waals surface area contributed by atoms with E-state index in [1.54, 1.807) is 30.5 Å². The van der Waals surface area contributed by atoms with Crippen LogP contribution in [0.5, 0.6) is 0 Å². The molecule has 0 aliphatic heterocycles. The first-order chi connectivity index (χ1) is 10.1. The average molecular weight is 283 g/mol. The molecule has 0 unspecified atom stereocenters. The van der Waals surface area contributed by atoms with Gasteiger partial charge < -0.3 is 10.2 Å². The molecule has 0 aliphatic rings. The van der Waals surface area contributed by atoms with Crippen molar-refractivity contribution in [2.24, 2.45) is 5.73 Å². The lowest BCUT2D eigenvalue weighted by atomic mass is 10.0. The lowest BCUT2D eigenvalue weighted by molar-refractivity contribution is -0.402. The number of nitro groups is 1. The molecule has 0 radical (unpaired) electrons. The fraction of sp³-hybridized carbons (Fsp3) is 0. The Kier molecular flexibility index (Phi) is 2.87. The minimum Gasteiger partial charge on any atom is -0.395 e. The highest BCUT2D eigenvalue weighted by Gasteiger charge is 2.23. The standard InChI is InChI=1S/C14H9N3O4/c15-14(18)13-10(7-12(21-13)17(19)20)8-3-4-11-9(6-8)2-1-5-16-11/h1-7H,(H2,15,18). The summed E-state index contributed by atoms with van der Waals surface area (Å²) in [7, 11) is 0. The quantitative estimate of drug-likeness (QED) is 0.586. The summed E-state index contributed by atoms with van der Waals surface area (Å²) in [4.78, 5) is 25.6. The highest BCUT2D eigenvalue weighted by atomic mass is 16.6. The van der Waals surface area contributed by atoms with Gasteiger partial charge in [-0.05, 0) is 23.8 Å². The third-order valence-electron chi connectivity index (χ3n) is 3.04. The molecule has 3 aromatic rings. The van der Waals surface area contributed by atoms with Gasteiger partial charge in [-0.2, -0.15) is 0 Å². The number of furan rings is 1. The van der Waals surface area contributed by atoms with Gasteiger partial charge in [0.25, 0.3) is 5.91 Å². The van der Waals surface area contributed by atoms with Crippen LogP contribution in [0.15, 0.2) is 47.0 Å². The van der Waals surface area contributed by atoms with Crippen molar-refractivity contribution in [3.8, 4) is 11.1 Å². The van der Waals surface area contributed by atoms with Crippen molar-refractivity contribution in [3.63, 3.8) is 0 Å². The van der Waals surface area contributed by atoms with Gasteiger partial charge in [0, 0.05) is 17.1 Å². The Morgan fingerprint density at radius 3 is 2.81 bits per heavy atom. The minimum atomic E-state index is -0.857. The lowest BCUT2D eigenvalue weighted by Crippen LogP contribution is -2.10. The number of fused-ring (bicyclic) bond motifs is 1. The Hall–Kier alpha value is -3.22. The van der Waals surface area contributed by atoms with E-state index in [0.717, 1.165) is 10.9 Å². The van der Waals surface area contributed by atoms with Gasteiger partial charge in [0.15, 0.2) is 0 Å². The van der Waals surface area contributed by atoms with Crippen molar-refractivity contribution in [1.29, 1.82) is 0 Å². The molecule has 0 saturated carbocycles. The molecule has 2 N–H and O–H groups in total. The summed E-state index contributed by atoms with van der Waals surface area (Å²) in [6.07, 6.45) is 1.67. The molecule has 7 heteroatoms. The molecule has 7 nitrogen and oxygen atoms in total. The largest absolute Gasteiger partial charge is 0.434 e. The Balaban J connectivity index is 2.21. The number of pyridine rings is 1. The van der Waals surface area contributed by atoms with Crippen LogP contribution < -0.4 is 5.73 Å². The second-order valence-electron chi connectivity index (χ2n) is 4.36. The van der Waals surface area contributed by atoms with E-state index in [9.17, 15) is 14.9 Å². The van der Waals surface area contributed by atoms with Crippen molar-refractivity contribution in [3.05, 3.63) is 58.5 Å². The number of amides is 1. The van der Waals surface area contributed by atoms with Crippen LogP contribution in [-0.2, 0) is 0 Å². The molecule has 21 heavy (non-hydrogen) atoms. The van der Waals surface area contributed by atoms with Gasteiger partial charge in [0.2, 0.25) is 5.76 Å². The van der Waals surface area contributed by atoms with Crippen molar-refractivity contribution in [1.82, 2.24) is 4.98 Å². The molecule has 0 atom stereocenters. The van der Waals surface area contributed by atoms with Gasteiger partial charge in [0.1, 0.15) is 4.92 Å². The number of hydrogen-bond donors (Lipinski definition) is 1. The minimum absolute atomic E-state index is 0.232. The van der Waals surface area contributed by atoms with Crippen LogP contribution in [-0.4, -0.2) is 15.8 Å². The molecule has 2 aromatic heterocycles. The second-order valence-corrected chi connectivity index (χ2v) is 4.36. The number of hydrogen-bond acceptors (Lipinski definition) is 5. The first kappa shape index (κ1) is 12.8.